The Labute approximate surface area is 213 Å². The molecule has 0 bridgehead atoms. The van der Waals surface area contributed by atoms with E-state index >= 15 is 0 Å². The fourth-order valence-corrected chi connectivity index (χ4v) is 4.73. The van der Waals surface area contributed by atoms with Gasteiger partial charge in [-0.05, 0) is 43.2 Å². The second-order valence-electron chi connectivity index (χ2n) is 8.14. The molecule has 0 aliphatic carbocycles. The van der Waals surface area contributed by atoms with Gasteiger partial charge in [-0.15, -0.1) is 0 Å². The highest BCUT2D eigenvalue weighted by molar-refractivity contribution is 8.14. The molecule has 182 valence electrons. The lowest BCUT2D eigenvalue weighted by Gasteiger charge is -2.25. The van der Waals surface area contributed by atoms with Gasteiger partial charge in [-0.2, -0.15) is 0 Å². The summed E-state index contributed by atoms with van der Waals surface area (Å²) in [5.74, 6) is -0.0104. The molecular formula is C25H26ClN5O3S. The summed E-state index contributed by atoms with van der Waals surface area (Å²) in [6.45, 7) is 2.69. The summed E-state index contributed by atoms with van der Waals surface area (Å²) in [7, 11) is 0. The van der Waals surface area contributed by atoms with E-state index in [1.165, 1.54) is 4.90 Å². The number of fused-ring (bicyclic) bond motifs is 3. The van der Waals surface area contributed by atoms with Gasteiger partial charge in [-0.25, -0.2) is 9.89 Å². The zero-order valence-corrected chi connectivity index (χ0v) is 20.9. The Morgan fingerprint density at radius 1 is 1.14 bits per heavy atom. The van der Waals surface area contributed by atoms with Gasteiger partial charge < -0.3 is 10.6 Å². The summed E-state index contributed by atoms with van der Waals surface area (Å²) in [6, 6.07) is 13.7. The highest BCUT2D eigenvalue weighted by Gasteiger charge is 2.41. The highest BCUT2D eigenvalue weighted by Crippen LogP contribution is 2.34. The Morgan fingerprint density at radius 2 is 1.97 bits per heavy atom. The topological polar surface area (TPSA) is 103 Å². The van der Waals surface area contributed by atoms with Crippen LogP contribution < -0.4 is 10.6 Å². The van der Waals surface area contributed by atoms with Crippen LogP contribution in [0.15, 0.2) is 58.5 Å². The number of amidine groups is 2. The van der Waals surface area contributed by atoms with Gasteiger partial charge in [-0.1, -0.05) is 54.9 Å². The first-order valence-corrected chi connectivity index (χ1v) is 12.9. The lowest BCUT2D eigenvalue weighted by atomic mass is 10.1. The van der Waals surface area contributed by atoms with Crippen molar-refractivity contribution in [2.75, 3.05) is 17.6 Å². The third-order valence-electron chi connectivity index (χ3n) is 5.49. The molecule has 2 aromatic carbocycles. The average molecular weight is 512 g/mol. The van der Waals surface area contributed by atoms with E-state index in [9.17, 15) is 14.4 Å². The molecule has 0 aromatic heterocycles. The summed E-state index contributed by atoms with van der Waals surface area (Å²) in [6.07, 6.45) is 2.45. The second kappa shape index (κ2) is 11.5. The number of thioether (sulfide) groups is 1. The number of aliphatic imine (C=N–C) groups is 2. The van der Waals surface area contributed by atoms with Crippen molar-refractivity contribution in [2.45, 2.75) is 38.6 Å². The number of nitrogens with zero attached hydrogens (tertiary/aromatic N) is 3. The minimum atomic E-state index is -0.667. The highest BCUT2D eigenvalue weighted by atomic mass is 35.5. The van der Waals surface area contributed by atoms with Crippen molar-refractivity contribution in [1.29, 1.82) is 0 Å². The predicted octanol–water partition coefficient (Wildman–Crippen LogP) is 4.37. The molecule has 2 heterocycles. The normalized spacial score (nSPS) is 16.2. The Bertz CT molecular complexity index is 1200. The van der Waals surface area contributed by atoms with Crippen LogP contribution in [0.1, 0.15) is 38.2 Å². The minimum absolute atomic E-state index is 0.0507. The van der Waals surface area contributed by atoms with Crippen LogP contribution in [-0.4, -0.2) is 52.0 Å². The average Bonchev–Trinajstić information content (AvgIpc) is 3.18. The van der Waals surface area contributed by atoms with Crippen LogP contribution in [0.5, 0.6) is 0 Å². The van der Waals surface area contributed by atoms with E-state index in [4.69, 9.17) is 11.6 Å². The molecule has 1 unspecified atom stereocenters. The maximum absolute atomic E-state index is 13.3. The molecule has 35 heavy (non-hydrogen) atoms. The summed E-state index contributed by atoms with van der Waals surface area (Å²) in [5.41, 5.74) is 2.03. The number of unbranched alkanes of at least 4 members (excludes halogenated alkanes) is 1. The van der Waals surface area contributed by atoms with Gasteiger partial charge in [-0.3, -0.25) is 19.4 Å². The van der Waals surface area contributed by atoms with Crippen LogP contribution >= 0.6 is 23.4 Å². The largest absolute Gasteiger partial charge is 0.356 e. The van der Waals surface area contributed by atoms with E-state index in [1.54, 1.807) is 24.3 Å². The molecule has 8 nitrogen and oxygen atoms in total. The molecule has 10 heteroatoms. The van der Waals surface area contributed by atoms with Gasteiger partial charge in [0.15, 0.2) is 5.17 Å². The molecular weight excluding hydrogens is 486 g/mol. The van der Waals surface area contributed by atoms with Crippen molar-refractivity contribution in [1.82, 2.24) is 10.2 Å². The van der Waals surface area contributed by atoms with Gasteiger partial charge in [0.1, 0.15) is 11.9 Å². The maximum Gasteiger partial charge on any atom is 0.259 e. The van der Waals surface area contributed by atoms with Gasteiger partial charge >= 0.3 is 0 Å². The van der Waals surface area contributed by atoms with E-state index < -0.39 is 6.04 Å². The SMILES string of the molecule is CCCCNC(=O)CCC1N=C2c3ccccc3N=C(SCC(=O)Nc3cccc(Cl)c3)N2C1=O. The van der Waals surface area contributed by atoms with Crippen LogP contribution in [0.2, 0.25) is 5.02 Å². The number of para-hydroxylation sites is 1. The van der Waals surface area contributed by atoms with E-state index in [0.717, 1.165) is 30.2 Å². The van der Waals surface area contributed by atoms with Crippen molar-refractivity contribution < 1.29 is 14.4 Å². The third kappa shape index (κ3) is 6.10. The number of nitrogens with one attached hydrogen (secondary N) is 2. The van der Waals surface area contributed by atoms with Crippen molar-refractivity contribution in [2.24, 2.45) is 9.98 Å². The maximum atomic E-state index is 13.3. The molecule has 3 amide bonds. The van der Waals surface area contributed by atoms with Crippen molar-refractivity contribution in [3.8, 4) is 0 Å². The first kappa shape index (κ1) is 24.9. The fourth-order valence-electron chi connectivity index (χ4n) is 3.74. The van der Waals surface area contributed by atoms with E-state index in [2.05, 4.69) is 27.5 Å². The number of rotatable bonds is 9. The lowest BCUT2D eigenvalue weighted by molar-refractivity contribution is -0.125. The first-order chi connectivity index (χ1) is 17.0. The van der Waals surface area contributed by atoms with Crippen molar-refractivity contribution in [3.05, 3.63) is 59.1 Å². The Kier molecular flexibility index (Phi) is 8.20. The van der Waals surface area contributed by atoms with Crippen LogP contribution in [0.4, 0.5) is 11.4 Å². The molecule has 1 atom stereocenters. The molecule has 0 saturated carbocycles. The smallest absolute Gasteiger partial charge is 0.259 e. The number of halogens is 1. The van der Waals surface area contributed by atoms with Gasteiger partial charge in [0.25, 0.3) is 5.91 Å². The standard InChI is InChI=1S/C25H26ClN5O3S/c1-2-3-13-27-21(32)12-11-20-24(34)31-23(29-20)18-9-4-5-10-19(18)30-25(31)35-15-22(33)28-17-8-6-7-16(26)14-17/h4-10,14,20H,2-3,11-13,15H2,1H3,(H,27,32)(H,28,33). The third-order valence-corrected chi connectivity index (χ3v) is 6.66. The summed E-state index contributed by atoms with van der Waals surface area (Å²) >= 11 is 7.15. The monoisotopic (exact) mass is 511 g/mol. The number of anilines is 1. The number of amides is 3. The minimum Gasteiger partial charge on any atom is -0.356 e. The summed E-state index contributed by atoms with van der Waals surface area (Å²) in [5, 5.41) is 6.59. The quantitative estimate of drug-likeness (QED) is 0.488. The second-order valence-corrected chi connectivity index (χ2v) is 9.52. The lowest BCUT2D eigenvalue weighted by Crippen LogP contribution is -2.41. The number of carbonyl (C=O) groups is 3. The van der Waals surface area contributed by atoms with E-state index in [0.29, 0.717) is 40.4 Å². The molecule has 4 rings (SSSR count). The van der Waals surface area contributed by atoms with Crippen LogP contribution in [0, 0.1) is 0 Å². The number of hydrogen-bond acceptors (Lipinski definition) is 6. The van der Waals surface area contributed by atoms with Gasteiger partial charge in [0.05, 0.1) is 11.4 Å². The molecule has 0 spiro atoms. The van der Waals surface area contributed by atoms with Crippen LogP contribution in [-0.2, 0) is 14.4 Å². The molecule has 0 saturated heterocycles. The molecule has 0 radical (unpaired) electrons. The van der Waals surface area contributed by atoms with E-state index in [-0.39, 0.29) is 29.9 Å². The molecule has 0 fully saturated rings. The predicted molar refractivity (Wildman–Crippen MR) is 140 cm³/mol. The zero-order valence-electron chi connectivity index (χ0n) is 19.3. The zero-order chi connectivity index (χ0) is 24.8. The molecule has 2 aliphatic rings. The molecule has 2 aliphatic heterocycles. The Balaban J connectivity index is 1.45. The van der Waals surface area contributed by atoms with Crippen LogP contribution in [0.25, 0.3) is 0 Å². The molecule has 2 N–H and O–H groups in total. The summed E-state index contributed by atoms with van der Waals surface area (Å²) in [4.78, 5) is 48.7. The Hall–Kier alpha value is -3.17. The van der Waals surface area contributed by atoms with E-state index in [1.807, 2.05) is 24.3 Å². The van der Waals surface area contributed by atoms with Crippen molar-refractivity contribution >= 4 is 63.5 Å². The number of hydrogen-bond donors (Lipinski definition) is 2. The molecule has 2 aromatic rings. The number of benzene rings is 2. The number of carbonyl (C=O) groups excluding carboxylic acids is 3. The Morgan fingerprint density at radius 3 is 2.77 bits per heavy atom. The van der Waals surface area contributed by atoms with Gasteiger partial charge in [0, 0.05) is 29.2 Å². The summed E-state index contributed by atoms with van der Waals surface area (Å²) < 4.78 is 0. The fraction of sp³-hybridized carbons (Fsp3) is 0.320. The first-order valence-electron chi connectivity index (χ1n) is 11.5. The van der Waals surface area contributed by atoms with Crippen molar-refractivity contribution in [3.63, 3.8) is 0 Å². The van der Waals surface area contributed by atoms with Gasteiger partial charge in [0.2, 0.25) is 11.8 Å². The van der Waals surface area contributed by atoms with Crippen LogP contribution in [0.3, 0.4) is 0 Å².